The zero-order valence-electron chi connectivity index (χ0n) is 17.7. The maximum atomic E-state index is 12.6. The summed E-state index contributed by atoms with van der Waals surface area (Å²) in [6.07, 6.45) is 0.926. The standard InChI is InChI=1S/C23H32N4O2/c1-3-11-24-22(28)17-25(2)18-23(29)27-14-12-26(13-15-27)16-20-9-6-8-19-7-4-5-10-21(19)20/h4-10H,3,11-18H2,1-2H3,(H,24,28)/p+2. The van der Waals surface area contributed by atoms with Crippen LogP contribution in [0.1, 0.15) is 18.9 Å². The van der Waals surface area contributed by atoms with E-state index in [1.54, 1.807) is 0 Å². The average molecular weight is 399 g/mol. The number of nitrogens with one attached hydrogen (secondary N) is 3. The van der Waals surface area contributed by atoms with Crippen molar-refractivity contribution in [1.82, 2.24) is 10.2 Å². The van der Waals surface area contributed by atoms with Gasteiger partial charge in [0.25, 0.3) is 11.8 Å². The molecule has 1 fully saturated rings. The lowest BCUT2D eigenvalue weighted by molar-refractivity contribution is -0.917. The van der Waals surface area contributed by atoms with Crippen LogP contribution in [0.25, 0.3) is 10.8 Å². The first kappa shape index (κ1) is 21.3. The first-order valence-corrected chi connectivity index (χ1v) is 10.7. The molecule has 2 aromatic rings. The topological polar surface area (TPSA) is 58.3 Å². The van der Waals surface area contributed by atoms with E-state index in [1.807, 2.05) is 18.9 Å². The Labute approximate surface area is 173 Å². The minimum Gasteiger partial charge on any atom is -0.351 e. The first-order valence-electron chi connectivity index (χ1n) is 10.7. The van der Waals surface area contributed by atoms with Gasteiger partial charge in [-0.3, -0.25) is 9.59 Å². The van der Waals surface area contributed by atoms with Gasteiger partial charge in [-0.05, 0) is 17.2 Å². The van der Waals surface area contributed by atoms with Crippen LogP contribution >= 0.6 is 0 Å². The molecule has 1 atom stereocenters. The van der Waals surface area contributed by atoms with Crippen LogP contribution in [0.5, 0.6) is 0 Å². The third-order valence-corrected chi connectivity index (χ3v) is 5.63. The number of hydrogen-bond donors (Lipinski definition) is 3. The Morgan fingerprint density at radius 1 is 1.07 bits per heavy atom. The van der Waals surface area contributed by atoms with Gasteiger partial charge in [0.1, 0.15) is 6.54 Å². The summed E-state index contributed by atoms with van der Waals surface area (Å²) < 4.78 is 0. The van der Waals surface area contributed by atoms with Crippen molar-refractivity contribution in [1.29, 1.82) is 0 Å². The van der Waals surface area contributed by atoms with E-state index in [-0.39, 0.29) is 11.8 Å². The van der Waals surface area contributed by atoms with Crippen molar-refractivity contribution in [3.05, 3.63) is 48.0 Å². The Kier molecular flexibility index (Phi) is 7.61. The van der Waals surface area contributed by atoms with Gasteiger partial charge in [-0.2, -0.15) is 0 Å². The summed E-state index contributed by atoms with van der Waals surface area (Å²) in [7, 11) is 1.91. The van der Waals surface area contributed by atoms with Gasteiger partial charge >= 0.3 is 0 Å². The van der Waals surface area contributed by atoms with Crippen molar-refractivity contribution < 1.29 is 19.4 Å². The summed E-state index contributed by atoms with van der Waals surface area (Å²) >= 11 is 0. The van der Waals surface area contributed by atoms with Gasteiger partial charge in [0.15, 0.2) is 13.1 Å². The van der Waals surface area contributed by atoms with E-state index in [0.717, 1.165) is 44.0 Å². The van der Waals surface area contributed by atoms with E-state index in [0.29, 0.717) is 19.6 Å². The summed E-state index contributed by atoms with van der Waals surface area (Å²) in [6, 6.07) is 15.0. The normalized spacial score (nSPS) is 16.0. The number of carbonyl (C=O) groups excluding carboxylic acids is 2. The quantitative estimate of drug-likeness (QED) is 0.540. The lowest BCUT2D eigenvalue weighted by atomic mass is 10.0. The van der Waals surface area contributed by atoms with Crippen LogP contribution in [0.3, 0.4) is 0 Å². The molecule has 2 amide bonds. The Morgan fingerprint density at radius 2 is 1.79 bits per heavy atom. The predicted octanol–water partition coefficient (Wildman–Crippen LogP) is -0.892. The molecule has 3 N–H and O–H groups in total. The number of carbonyl (C=O) groups is 2. The number of benzene rings is 2. The van der Waals surface area contributed by atoms with Crippen LogP contribution in [0.15, 0.2) is 42.5 Å². The third kappa shape index (κ3) is 6.02. The summed E-state index contributed by atoms with van der Waals surface area (Å²) in [6.45, 7) is 7.94. The molecule has 6 heteroatoms. The monoisotopic (exact) mass is 398 g/mol. The van der Waals surface area contributed by atoms with Crippen LogP contribution in [0.2, 0.25) is 0 Å². The maximum Gasteiger partial charge on any atom is 0.278 e. The number of fused-ring (bicyclic) bond motifs is 1. The van der Waals surface area contributed by atoms with Crippen LogP contribution in [-0.4, -0.2) is 69.6 Å². The predicted molar refractivity (Wildman–Crippen MR) is 115 cm³/mol. The second-order valence-electron chi connectivity index (χ2n) is 8.11. The number of piperazine rings is 1. The largest absolute Gasteiger partial charge is 0.351 e. The number of rotatable bonds is 8. The lowest BCUT2D eigenvalue weighted by Gasteiger charge is -2.32. The molecule has 29 heavy (non-hydrogen) atoms. The van der Waals surface area contributed by atoms with E-state index in [9.17, 15) is 9.59 Å². The van der Waals surface area contributed by atoms with Gasteiger partial charge in [-0.1, -0.05) is 49.4 Å². The molecule has 0 bridgehead atoms. The van der Waals surface area contributed by atoms with Crippen molar-refractivity contribution >= 4 is 22.6 Å². The minimum absolute atomic E-state index is 0.0153. The molecule has 6 nitrogen and oxygen atoms in total. The van der Waals surface area contributed by atoms with Crippen molar-refractivity contribution in [2.24, 2.45) is 0 Å². The molecule has 1 heterocycles. The SMILES string of the molecule is CCCNC(=O)C[NH+](C)CC(=O)N1CC[NH+](Cc2cccc3ccccc23)CC1. The van der Waals surface area contributed by atoms with Gasteiger partial charge in [0, 0.05) is 12.1 Å². The second-order valence-corrected chi connectivity index (χ2v) is 8.11. The fourth-order valence-corrected chi connectivity index (χ4v) is 4.00. The van der Waals surface area contributed by atoms with Crippen molar-refractivity contribution in [3.8, 4) is 0 Å². The molecule has 2 aromatic carbocycles. The fourth-order valence-electron chi connectivity index (χ4n) is 4.00. The van der Waals surface area contributed by atoms with Gasteiger partial charge in [-0.15, -0.1) is 0 Å². The Bertz CT molecular complexity index is 825. The molecule has 3 rings (SSSR count). The number of amides is 2. The third-order valence-electron chi connectivity index (χ3n) is 5.63. The molecular formula is C23H34N4O2+2. The average Bonchev–Trinajstić information content (AvgIpc) is 2.73. The first-order chi connectivity index (χ1) is 14.1. The molecule has 1 aliphatic heterocycles. The minimum atomic E-state index is 0.0153. The van der Waals surface area contributed by atoms with Crippen molar-refractivity contribution in [3.63, 3.8) is 0 Å². The highest BCUT2D eigenvalue weighted by molar-refractivity contribution is 5.85. The van der Waals surface area contributed by atoms with Crippen molar-refractivity contribution in [2.45, 2.75) is 19.9 Å². The number of hydrogen-bond acceptors (Lipinski definition) is 2. The molecule has 0 aliphatic carbocycles. The molecule has 156 valence electrons. The van der Waals surface area contributed by atoms with Gasteiger partial charge in [0.05, 0.1) is 33.2 Å². The number of quaternary nitrogens is 2. The van der Waals surface area contributed by atoms with Crippen LogP contribution < -0.4 is 15.1 Å². The Morgan fingerprint density at radius 3 is 2.55 bits per heavy atom. The Balaban J connectivity index is 1.46. The van der Waals surface area contributed by atoms with Gasteiger partial charge in [0.2, 0.25) is 0 Å². The molecular weight excluding hydrogens is 364 g/mol. The number of nitrogens with zero attached hydrogens (tertiary/aromatic N) is 1. The molecule has 0 aromatic heterocycles. The maximum absolute atomic E-state index is 12.6. The number of likely N-dealkylation sites (N-methyl/N-ethyl adjacent to an activating group) is 1. The van der Waals surface area contributed by atoms with Gasteiger partial charge in [-0.25, -0.2) is 0 Å². The molecule has 1 aliphatic rings. The van der Waals surface area contributed by atoms with E-state index in [2.05, 4.69) is 47.8 Å². The van der Waals surface area contributed by atoms with E-state index in [4.69, 9.17) is 0 Å². The highest BCUT2D eigenvalue weighted by Gasteiger charge is 2.26. The molecule has 1 unspecified atom stereocenters. The molecule has 1 saturated heterocycles. The second kappa shape index (κ2) is 10.4. The summed E-state index contributed by atoms with van der Waals surface area (Å²) in [5, 5.41) is 5.48. The van der Waals surface area contributed by atoms with Crippen LogP contribution in [0, 0.1) is 0 Å². The highest BCUT2D eigenvalue weighted by Crippen LogP contribution is 2.17. The zero-order valence-corrected chi connectivity index (χ0v) is 17.7. The van der Waals surface area contributed by atoms with Crippen molar-refractivity contribution in [2.75, 3.05) is 52.9 Å². The fraction of sp³-hybridized carbons (Fsp3) is 0.478. The lowest BCUT2D eigenvalue weighted by Crippen LogP contribution is -3.14. The van der Waals surface area contributed by atoms with Crippen LogP contribution in [0.4, 0.5) is 0 Å². The molecule has 0 spiro atoms. The molecule has 0 radical (unpaired) electrons. The zero-order chi connectivity index (χ0) is 20.6. The summed E-state index contributed by atoms with van der Waals surface area (Å²) in [4.78, 5) is 28.8. The van der Waals surface area contributed by atoms with Gasteiger partial charge < -0.3 is 20.0 Å². The summed E-state index contributed by atoms with van der Waals surface area (Å²) in [5.41, 5.74) is 1.38. The van der Waals surface area contributed by atoms with E-state index < -0.39 is 0 Å². The van der Waals surface area contributed by atoms with E-state index in [1.165, 1.54) is 21.2 Å². The Hall–Kier alpha value is -2.44. The highest BCUT2D eigenvalue weighted by atomic mass is 16.2. The van der Waals surface area contributed by atoms with Crippen LogP contribution in [-0.2, 0) is 16.1 Å². The summed E-state index contributed by atoms with van der Waals surface area (Å²) in [5.74, 6) is 0.163. The molecule has 0 saturated carbocycles. The smallest absolute Gasteiger partial charge is 0.278 e. The van der Waals surface area contributed by atoms with E-state index >= 15 is 0 Å².